The third-order valence-electron chi connectivity index (χ3n) is 2.10. The summed E-state index contributed by atoms with van der Waals surface area (Å²) in [5, 5.41) is 11.6. The number of unbranched alkanes of at least 4 members (excludes halogenated alkanes) is 1. The van der Waals surface area contributed by atoms with Gasteiger partial charge in [-0.1, -0.05) is 0 Å². The molecule has 1 heterocycles. The first-order chi connectivity index (χ1) is 5.93. The monoisotopic (exact) mass is 168 g/mol. The number of hydrogen-bond donors (Lipinski definition) is 1. The third-order valence-corrected chi connectivity index (χ3v) is 2.10. The van der Waals surface area contributed by atoms with Gasteiger partial charge in [0.2, 0.25) is 0 Å². The number of nitrogens with one attached hydrogen (secondary N) is 1. The van der Waals surface area contributed by atoms with Crippen LogP contribution in [0, 0.1) is 17.2 Å². The fourth-order valence-corrected chi connectivity index (χ4v) is 1.34. The van der Waals surface area contributed by atoms with Crippen molar-refractivity contribution in [2.45, 2.75) is 19.3 Å². The molecule has 0 aliphatic carbocycles. The molecule has 0 bridgehead atoms. The topological polar surface area (TPSA) is 45.0 Å². The van der Waals surface area contributed by atoms with Gasteiger partial charge in [0.05, 0.1) is 12.7 Å². The minimum Gasteiger partial charge on any atom is -0.381 e. The Hall–Kier alpha value is -0.590. The Bertz CT molecular complexity index is 147. The van der Waals surface area contributed by atoms with Crippen molar-refractivity contribution < 1.29 is 4.74 Å². The lowest BCUT2D eigenvalue weighted by molar-refractivity contribution is 0.185. The van der Waals surface area contributed by atoms with Crippen LogP contribution >= 0.6 is 0 Å². The van der Waals surface area contributed by atoms with Crippen molar-refractivity contribution in [2.24, 2.45) is 5.92 Å². The van der Waals surface area contributed by atoms with E-state index in [4.69, 9.17) is 10.00 Å². The van der Waals surface area contributed by atoms with Gasteiger partial charge in [0, 0.05) is 19.6 Å². The van der Waals surface area contributed by atoms with Gasteiger partial charge in [-0.3, -0.25) is 0 Å². The fraction of sp³-hybridized carbons (Fsp3) is 0.889. The van der Waals surface area contributed by atoms with Crippen LogP contribution in [0.25, 0.3) is 0 Å². The molecule has 0 aromatic heterocycles. The summed E-state index contributed by atoms with van der Waals surface area (Å²) >= 11 is 0. The van der Waals surface area contributed by atoms with Crippen molar-refractivity contribution in [2.75, 3.05) is 26.3 Å². The van der Waals surface area contributed by atoms with Gasteiger partial charge in [0.1, 0.15) is 0 Å². The van der Waals surface area contributed by atoms with E-state index in [9.17, 15) is 0 Å². The smallest absolute Gasteiger partial charge is 0.0622 e. The standard InChI is InChI=1S/C9H16N2O/c10-4-1-2-5-11-7-9-3-6-12-8-9/h9,11H,1-3,5-8H2. The molecular weight excluding hydrogens is 152 g/mol. The van der Waals surface area contributed by atoms with E-state index in [0.717, 1.165) is 32.7 Å². The van der Waals surface area contributed by atoms with Crippen molar-refractivity contribution in [1.82, 2.24) is 5.32 Å². The van der Waals surface area contributed by atoms with Crippen molar-refractivity contribution in [1.29, 1.82) is 5.26 Å². The number of hydrogen-bond acceptors (Lipinski definition) is 3. The SMILES string of the molecule is N#CCCCNCC1CCOC1. The molecule has 1 rings (SSSR count). The van der Waals surface area contributed by atoms with Gasteiger partial charge in [-0.05, 0) is 25.3 Å². The summed E-state index contributed by atoms with van der Waals surface area (Å²) in [6, 6.07) is 2.13. The van der Waals surface area contributed by atoms with Crippen LogP contribution in [0.1, 0.15) is 19.3 Å². The summed E-state index contributed by atoms with van der Waals surface area (Å²) in [4.78, 5) is 0. The normalized spacial score (nSPS) is 22.4. The number of rotatable bonds is 5. The zero-order valence-electron chi connectivity index (χ0n) is 7.38. The molecule has 0 aromatic rings. The maximum Gasteiger partial charge on any atom is 0.0622 e. The maximum atomic E-state index is 8.28. The van der Waals surface area contributed by atoms with Crippen LogP contribution in [0.3, 0.4) is 0 Å². The van der Waals surface area contributed by atoms with Crippen LogP contribution in [0.2, 0.25) is 0 Å². The highest BCUT2D eigenvalue weighted by Crippen LogP contribution is 2.10. The van der Waals surface area contributed by atoms with Gasteiger partial charge < -0.3 is 10.1 Å². The van der Waals surface area contributed by atoms with Crippen LogP contribution in [-0.2, 0) is 4.74 Å². The van der Waals surface area contributed by atoms with E-state index in [1.54, 1.807) is 0 Å². The van der Waals surface area contributed by atoms with Crippen molar-refractivity contribution in [3.05, 3.63) is 0 Å². The number of nitriles is 1. The fourth-order valence-electron chi connectivity index (χ4n) is 1.34. The molecular formula is C9H16N2O. The Morgan fingerprint density at radius 3 is 3.17 bits per heavy atom. The molecule has 68 valence electrons. The van der Waals surface area contributed by atoms with Crippen LogP contribution in [0.4, 0.5) is 0 Å². The predicted molar refractivity (Wildman–Crippen MR) is 46.6 cm³/mol. The van der Waals surface area contributed by atoms with E-state index in [0.29, 0.717) is 12.3 Å². The Kier molecular flexibility index (Phi) is 4.74. The molecule has 12 heavy (non-hydrogen) atoms. The molecule has 0 radical (unpaired) electrons. The molecule has 1 fully saturated rings. The summed E-state index contributed by atoms with van der Waals surface area (Å²) in [7, 11) is 0. The highest BCUT2D eigenvalue weighted by molar-refractivity contribution is 4.70. The van der Waals surface area contributed by atoms with Gasteiger partial charge >= 0.3 is 0 Å². The van der Waals surface area contributed by atoms with Gasteiger partial charge in [0.15, 0.2) is 0 Å². The molecule has 0 spiro atoms. The van der Waals surface area contributed by atoms with E-state index in [-0.39, 0.29) is 0 Å². The van der Waals surface area contributed by atoms with Crippen molar-refractivity contribution in [3.63, 3.8) is 0 Å². The molecule has 3 nitrogen and oxygen atoms in total. The second-order valence-electron chi connectivity index (χ2n) is 3.20. The van der Waals surface area contributed by atoms with Crippen LogP contribution < -0.4 is 5.32 Å². The maximum absolute atomic E-state index is 8.28. The Morgan fingerprint density at radius 1 is 1.58 bits per heavy atom. The lowest BCUT2D eigenvalue weighted by atomic mass is 10.1. The average molecular weight is 168 g/mol. The average Bonchev–Trinajstić information content (AvgIpc) is 2.57. The second-order valence-corrected chi connectivity index (χ2v) is 3.20. The largest absolute Gasteiger partial charge is 0.381 e. The number of ether oxygens (including phenoxy) is 1. The molecule has 1 unspecified atom stereocenters. The molecule has 0 saturated carbocycles. The molecule has 1 aliphatic heterocycles. The lowest BCUT2D eigenvalue weighted by Crippen LogP contribution is -2.23. The van der Waals surface area contributed by atoms with Crippen LogP contribution in [0.5, 0.6) is 0 Å². The van der Waals surface area contributed by atoms with Crippen LogP contribution in [0.15, 0.2) is 0 Å². The van der Waals surface area contributed by atoms with Gasteiger partial charge in [-0.15, -0.1) is 0 Å². The number of nitrogens with zero attached hydrogens (tertiary/aromatic N) is 1. The molecule has 1 N–H and O–H groups in total. The van der Waals surface area contributed by atoms with E-state index < -0.39 is 0 Å². The molecule has 3 heteroatoms. The zero-order valence-corrected chi connectivity index (χ0v) is 7.38. The van der Waals surface area contributed by atoms with E-state index in [1.165, 1.54) is 6.42 Å². The van der Waals surface area contributed by atoms with E-state index in [1.807, 2.05) is 0 Å². The van der Waals surface area contributed by atoms with Gasteiger partial charge in [-0.25, -0.2) is 0 Å². The van der Waals surface area contributed by atoms with Crippen LogP contribution in [-0.4, -0.2) is 26.3 Å². The molecule has 0 amide bonds. The molecule has 1 saturated heterocycles. The zero-order chi connectivity index (χ0) is 8.65. The predicted octanol–water partition coefficient (Wildman–Crippen LogP) is 0.916. The Labute approximate surface area is 73.7 Å². The van der Waals surface area contributed by atoms with Crippen molar-refractivity contribution in [3.8, 4) is 6.07 Å². The summed E-state index contributed by atoms with van der Waals surface area (Å²) in [6.45, 7) is 3.84. The van der Waals surface area contributed by atoms with Gasteiger partial charge in [-0.2, -0.15) is 5.26 Å². The summed E-state index contributed by atoms with van der Waals surface area (Å²) in [5.74, 6) is 0.701. The summed E-state index contributed by atoms with van der Waals surface area (Å²) in [5.41, 5.74) is 0. The summed E-state index contributed by atoms with van der Waals surface area (Å²) < 4.78 is 5.24. The Morgan fingerprint density at radius 2 is 2.50 bits per heavy atom. The first kappa shape index (κ1) is 9.50. The lowest BCUT2D eigenvalue weighted by Gasteiger charge is -2.07. The van der Waals surface area contributed by atoms with E-state index in [2.05, 4.69) is 11.4 Å². The van der Waals surface area contributed by atoms with Gasteiger partial charge in [0.25, 0.3) is 0 Å². The Balaban J connectivity index is 1.85. The quantitative estimate of drug-likeness (QED) is 0.621. The van der Waals surface area contributed by atoms with Crippen molar-refractivity contribution >= 4 is 0 Å². The molecule has 0 aromatic carbocycles. The third kappa shape index (κ3) is 3.70. The molecule has 1 aliphatic rings. The minimum absolute atomic E-state index is 0.661. The minimum atomic E-state index is 0.661. The first-order valence-corrected chi connectivity index (χ1v) is 4.59. The highest BCUT2D eigenvalue weighted by atomic mass is 16.5. The van der Waals surface area contributed by atoms with E-state index >= 15 is 0 Å². The first-order valence-electron chi connectivity index (χ1n) is 4.59. The highest BCUT2D eigenvalue weighted by Gasteiger charge is 2.14. The molecule has 1 atom stereocenters. The summed E-state index contributed by atoms with van der Waals surface area (Å²) in [6.07, 6.45) is 2.81. The second kappa shape index (κ2) is 5.99.